The van der Waals surface area contributed by atoms with Crippen LogP contribution in [0, 0.1) is 0 Å². The zero-order chi connectivity index (χ0) is 12.3. The molecule has 0 aliphatic carbocycles. The Kier molecular flexibility index (Phi) is 3.99. The smallest absolute Gasteiger partial charge is 0.221 e. The molecule has 16 heavy (non-hydrogen) atoms. The van der Waals surface area contributed by atoms with Crippen molar-refractivity contribution in [3.63, 3.8) is 0 Å². The molecule has 8 heteroatoms. The normalized spacial score (nSPS) is 14.4. The Morgan fingerprint density at radius 1 is 1.56 bits per heavy atom. The van der Waals surface area contributed by atoms with Gasteiger partial charge in [0.15, 0.2) is 0 Å². The summed E-state index contributed by atoms with van der Waals surface area (Å²) >= 11 is 5.69. The van der Waals surface area contributed by atoms with Crippen LogP contribution < -0.4 is 11.5 Å². The van der Waals surface area contributed by atoms with E-state index in [0.29, 0.717) is 0 Å². The Hall–Kier alpha value is -1.44. The number of aliphatic hydroxyl groups is 2. The number of nitrogens with two attached hydrogens (primary N) is 2. The second-order valence-electron chi connectivity index (χ2n) is 3.16. The maximum atomic E-state index is 10.6. The van der Waals surface area contributed by atoms with Gasteiger partial charge in [-0.1, -0.05) is 11.6 Å². The van der Waals surface area contributed by atoms with Crippen molar-refractivity contribution >= 4 is 23.5 Å². The van der Waals surface area contributed by atoms with Gasteiger partial charge in [0.2, 0.25) is 11.9 Å². The van der Waals surface area contributed by atoms with Crippen LogP contribution in [0.1, 0.15) is 18.1 Å². The predicted molar refractivity (Wildman–Crippen MR) is 56.2 cm³/mol. The van der Waals surface area contributed by atoms with Crippen LogP contribution in [0.4, 0.5) is 5.95 Å². The van der Waals surface area contributed by atoms with Crippen molar-refractivity contribution in [2.24, 2.45) is 5.73 Å². The van der Waals surface area contributed by atoms with Gasteiger partial charge in [0.25, 0.3) is 0 Å². The van der Waals surface area contributed by atoms with Crippen LogP contribution in [0.3, 0.4) is 0 Å². The van der Waals surface area contributed by atoms with E-state index >= 15 is 0 Å². The second kappa shape index (κ2) is 5.06. The van der Waals surface area contributed by atoms with Crippen molar-refractivity contribution in [2.75, 3.05) is 5.73 Å². The maximum absolute atomic E-state index is 10.6. The molecule has 0 aliphatic rings. The monoisotopic (exact) mass is 246 g/mol. The third-order valence-corrected chi connectivity index (χ3v) is 2.18. The van der Waals surface area contributed by atoms with Gasteiger partial charge < -0.3 is 21.7 Å². The first-order valence-corrected chi connectivity index (χ1v) is 4.72. The van der Waals surface area contributed by atoms with E-state index < -0.39 is 18.1 Å². The summed E-state index contributed by atoms with van der Waals surface area (Å²) in [5, 5.41) is 19.0. The molecule has 2 atom stereocenters. The number of rotatable bonds is 4. The molecular formula is C8H11ClN4O3. The highest BCUT2D eigenvalue weighted by Crippen LogP contribution is 2.24. The summed E-state index contributed by atoms with van der Waals surface area (Å²) < 4.78 is 0. The van der Waals surface area contributed by atoms with Crippen molar-refractivity contribution in [1.29, 1.82) is 0 Å². The Labute approximate surface area is 96.1 Å². The van der Waals surface area contributed by atoms with Gasteiger partial charge in [-0.2, -0.15) is 0 Å². The molecule has 0 radical (unpaired) electrons. The lowest BCUT2D eigenvalue weighted by Crippen LogP contribution is -2.26. The SMILES string of the molecule is NC(=O)CC(O)C(O)c1cnc(N)nc1Cl. The number of nitrogen functional groups attached to an aromatic ring is 1. The number of aromatic nitrogens is 2. The molecule has 1 aromatic rings. The number of hydrogen-bond donors (Lipinski definition) is 4. The molecule has 0 saturated heterocycles. The topological polar surface area (TPSA) is 135 Å². The van der Waals surface area contributed by atoms with E-state index in [1.165, 1.54) is 6.20 Å². The van der Waals surface area contributed by atoms with E-state index in [1.54, 1.807) is 0 Å². The average molecular weight is 247 g/mol. The number of primary amides is 1. The third kappa shape index (κ3) is 3.02. The molecule has 0 aliphatic heterocycles. The van der Waals surface area contributed by atoms with Crippen molar-refractivity contribution in [2.45, 2.75) is 18.6 Å². The molecule has 1 rings (SSSR count). The summed E-state index contributed by atoms with van der Waals surface area (Å²) in [7, 11) is 0. The summed E-state index contributed by atoms with van der Waals surface area (Å²) in [6.45, 7) is 0. The zero-order valence-electron chi connectivity index (χ0n) is 8.17. The van der Waals surface area contributed by atoms with Gasteiger partial charge in [-0.15, -0.1) is 0 Å². The van der Waals surface area contributed by atoms with Crippen LogP contribution in [0.25, 0.3) is 0 Å². The van der Waals surface area contributed by atoms with E-state index in [4.69, 9.17) is 23.1 Å². The highest BCUT2D eigenvalue weighted by molar-refractivity contribution is 6.30. The van der Waals surface area contributed by atoms with Crippen LogP contribution in [-0.4, -0.2) is 32.2 Å². The molecule has 88 valence electrons. The van der Waals surface area contributed by atoms with Gasteiger partial charge in [-0.3, -0.25) is 4.79 Å². The summed E-state index contributed by atoms with van der Waals surface area (Å²) in [5.41, 5.74) is 10.2. The summed E-state index contributed by atoms with van der Waals surface area (Å²) in [6.07, 6.45) is -1.95. The van der Waals surface area contributed by atoms with E-state index in [0.717, 1.165) is 0 Å². The number of carbonyl (C=O) groups excluding carboxylic acids is 1. The molecule has 0 saturated carbocycles. The minimum atomic E-state index is -1.39. The number of amides is 1. The first-order valence-electron chi connectivity index (χ1n) is 4.34. The minimum absolute atomic E-state index is 0.0506. The number of anilines is 1. The first-order chi connectivity index (χ1) is 7.41. The van der Waals surface area contributed by atoms with Crippen molar-refractivity contribution in [1.82, 2.24) is 9.97 Å². The number of halogens is 1. The molecule has 6 N–H and O–H groups in total. The quantitative estimate of drug-likeness (QED) is 0.502. The summed E-state index contributed by atoms with van der Waals surface area (Å²) in [6, 6.07) is 0. The molecule has 0 aromatic carbocycles. The molecule has 2 unspecified atom stereocenters. The lowest BCUT2D eigenvalue weighted by Gasteiger charge is -2.17. The fraction of sp³-hybridized carbons (Fsp3) is 0.375. The number of hydrogen-bond acceptors (Lipinski definition) is 6. The number of nitrogens with zero attached hydrogens (tertiary/aromatic N) is 2. The van der Waals surface area contributed by atoms with Gasteiger partial charge >= 0.3 is 0 Å². The number of carbonyl (C=O) groups is 1. The van der Waals surface area contributed by atoms with Crippen LogP contribution in [0.5, 0.6) is 0 Å². The average Bonchev–Trinajstić information content (AvgIpc) is 2.15. The maximum Gasteiger partial charge on any atom is 0.221 e. The molecular weight excluding hydrogens is 236 g/mol. The highest BCUT2D eigenvalue weighted by atomic mass is 35.5. The molecule has 7 nitrogen and oxygen atoms in total. The van der Waals surface area contributed by atoms with Crippen LogP contribution in [-0.2, 0) is 4.79 Å². The molecule has 1 aromatic heterocycles. The van der Waals surface area contributed by atoms with Gasteiger partial charge in [0.1, 0.15) is 11.3 Å². The molecule has 1 amide bonds. The van der Waals surface area contributed by atoms with Gasteiger partial charge in [0.05, 0.1) is 12.5 Å². The lowest BCUT2D eigenvalue weighted by molar-refractivity contribution is -0.121. The Morgan fingerprint density at radius 2 is 2.19 bits per heavy atom. The van der Waals surface area contributed by atoms with E-state index in [9.17, 15) is 15.0 Å². The second-order valence-corrected chi connectivity index (χ2v) is 3.51. The third-order valence-electron chi connectivity index (χ3n) is 1.88. The zero-order valence-corrected chi connectivity index (χ0v) is 8.92. The largest absolute Gasteiger partial charge is 0.390 e. The summed E-state index contributed by atoms with van der Waals surface area (Å²) in [5.74, 6) is -0.788. The van der Waals surface area contributed by atoms with Crippen molar-refractivity contribution in [3.8, 4) is 0 Å². The van der Waals surface area contributed by atoms with Crippen LogP contribution >= 0.6 is 11.6 Å². The van der Waals surface area contributed by atoms with Gasteiger partial charge in [0, 0.05) is 11.8 Å². The van der Waals surface area contributed by atoms with E-state index in [1.807, 2.05) is 0 Å². The number of aliphatic hydroxyl groups excluding tert-OH is 2. The standard InChI is InChI=1S/C8H11ClN4O3/c9-7-3(2-12-8(11)13-7)6(16)4(14)1-5(10)15/h2,4,6,14,16H,1H2,(H2,10,15)(H2,11,12,13). The molecule has 0 spiro atoms. The Morgan fingerprint density at radius 3 is 2.69 bits per heavy atom. The van der Waals surface area contributed by atoms with Gasteiger partial charge in [-0.05, 0) is 0 Å². The van der Waals surface area contributed by atoms with Crippen LogP contribution in [0.2, 0.25) is 5.15 Å². The predicted octanol–water partition coefficient (Wildman–Crippen LogP) is -1.02. The fourth-order valence-corrected chi connectivity index (χ4v) is 1.35. The lowest BCUT2D eigenvalue weighted by atomic mass is 10.1. The van der Waals surface area contributed by atoms with E-state index in [-0.39, 0.29) is 23.1 Å². The molecule has 1 heterocycles. The Balaban J connectivity index is 2.87. The molecule has 0 bridgehead atoms. The minimum Gasteiger partial charge on any atom is -0.390 e. The highest BCUT2D eigenvalue weighted by Gasteiger charge is 2.23. The fourth-order valence-electron chi connectivity index (χ4n) is 1.11. The van der Waals surface area contributed by atoms with Crippen molar-refractivity contribution in [3.05, 3.63) is 16.9 Å². The van der Waals surface area contributed by atoms with Crippen LogP contribution in [0.15, 0.2) is 6.20 Å². The van der Waals surface area contributed by atoms with Gasteiger partial charge in [-0.25, -0.2) is 9.97 Å². The Bertz CT molecular complexity index is 401. The van der Waals surface area contributed by atoms with Crippen molar-refractivity contribution < 1.29 is 15.0 Å². The molecule has 0 fully saturated rings. The first kappa shape index (κ1) is 12.6. The van der Waals surface area contributed by atoms with E-state index in [2.05, 4.69) is 9.97 Å². The summed E-state index contributed by atoms with van der Waals surface area (Å²) in [4.78, 5) is 17.8.